The van der Waals surface area contributed by atoms with Crippen LogP contribution in [0.1, 0.15) is 51.6 Å². The molecular weight excluding hydrogens is 487 g/mol. The minimum atomic E-state index is -4.35. The zero-order chi connectivity index (χ0) is 26.9. The zero-order valence-electron chi connectivity index (χ0n) is 21.9. The molecule has 6 nitrogen and oxygen atoms in total. The van der Waals surface area contributed by atoms with Crippen molar-refractivity contribution >= 4 is 14.4 Å². The van der Waals surface area contributed by atoms with Gasteiger partial charge in [0.15, 0.2) is 20.1 Å². The highest BCUT2D eigenvalue weighted by molar-refractivity contribution is 6.74. The Morgan fingerprint density at radius 2 is 1.81 bits per heavy atom. The Kier molecular flexibility index (Phi) is 7.68. The number of fused-ring (bicyclic) bond motifs is 1. The molecule has 0 amide bonds. The predicted octanol–water partition coefficient (Wildman–Crippen LogP) is 6.47. The number of hydrogen-bond donors (Lipinski definition) is 0. The van der Waals surface area contributed by atoms with Gasteiger partial charge >= 0.3 is 6.18 Å². The van der Waals surface area contributed by atoms with Gasteiger partial charge in [-0.2, -0.15) is 23.4 Å². The number of hydrogen-bond acceptors (Lipinski definition) is 5. The number of ether oxygens (including phenoxy) is 2. The third-order valence-electron chi connectivity index (χ3n) is 7.08. The van der Waals surface area contributed by atoms with Crippen molar-refractivity contribution in [3.63, 3.8) is 0 Å². The van der Waals surface area contributed by atoms with E-state index in [0.29, 0.717) is 30.6 Å². The second kappa shape index (κ2) is 9.94. The zero-order valence-corrected chi connectivity index (χ0v) is 22.9. The summed E-state index contributed by atoms with van der Waals surface area (Å²) in [5.74, 6) is 0.450. The maximum Gasteiger partial charge on any atom is 0.397 e. The fourth-order valence-electron chi connectivity index (χ4n) is 3.39. The molecule has 2 heterocycles. The van der Waals surface area contributed by atoms with E-state index in [4.69, 9.17) is 13.9 Å². The van der Waals surface area contributed by atoms with Gasteiger partial charge in [0.25, 0.3) is 6.01 Å². The lowest BCUT2D eigenvalue weighted by Gasteiger charge is -2.35. The van der Waals surface area contributed by atoms with Crippen molar-refractivity contribution in [2.75, 3.05) is 13.2 Å². The first-order valence-electron chi connectivity index (χ1n) is 11.8. The van der Waals surface area contributed by atoms with E-state index >= 15 is 0 Å². The number of imidazole rings is 1. The summed E-state index contributed by atoms with van der Waals surface area (Å²) in [5.41, 5.74) is -0.867. The monoisotopic (exact) mass is 521 g/mol. The molecule has 1 aliphatic rings. The van der Waals surface area contributed by atoms with Gasteiger partial charge in [-0.15, -0.1) is 0 Å². The van der Waals surface area contributed by atoms with Crippen molar-refractivity contribution in [2.24, 2.45) is 0 Å². The molecule has 0 spiro atoms. The molecule has 0 aliphatic carbocycles. The average molecular weight is 522 g/mol. The Morgan fingerprint density at radius 1 is 1.17 bits per heavy atom. The first kappa shape index (κ1) is 27.8. The molecule has 3 rings (SSSR count). The second-order valence-corrected chi connectivity index (χ2v) is 15.8. The van der Waals surface area contributed by atoms with Crippen molar-refractivity contribution in [3.8, 4) is 17.8 Å². The summed E-state index contributed by atoms with van der Waals surface area (Å²) < 4.78 is 59.4. The maximum atomic E-state index is 13.3. The fourth-order valence-corrected chi connectivity index (χ4v) is 4.34. The van der Waals surface area contributed by atoms with Gasteiger partial charge in [0.1, 0.15) is 18.4 Å². The summed E-state index contributed by atoms with van der Waals surface area (Å²) in [6.07, 6.45) is -0.976. The molecule has 0 radical (unpaired) electrons. The van der Waals surface area contributed by atoms with E-state index in [2.05, 4.69) is 44.9 Å². The normalized spacial score (nSPS) is 16.6. The summed E-state index contributed by atoms with van der Waals surface area (Å²) in [5, 5.41) is 9.58. The molecule has 0 N–H and O–H groups in total. The summed E-state index contributed by atoms with van der Waals surface area (Å²) in [7, 11) is -1.88. The Morgan fingerprint density at radius 3 is 2.36 bits per heavy atom. The lowest BCUT2D eigenvalue weighted by Crippen LogP contribution is -2.40. The molecule has 0 bridgehead atoms. The van der Waals surface area contributed by atoms with Crippen LogP contribution in [0.2, 0.25) is 18.1 Å². The molecule has 1 atom stereocenters. The number of aromatic nitrogens is 2. The highest BCUT2D eigenvalue weighted by Crippen LogP contribution is 2.41. The molecule has 1 aromatic carbocycles. The van der Waals surface area contributed by atoms with E-state index in [1.807, 2.05) is 16.7 Å². The van der Waals surface area contributed by atoms with E-state index in [1.54, 1.807) is 0 Å². The van der Waals surface area contributed by atoms with Crippen LogP contribution in [0.25, 0.3) is 6.08 Å². The molecule has 0 fully saturated rings. The van der Waals surface area contributed by atoms with Gasteiger partial charge in [-0.3, -0.25) is 4.57 Å². The number of alkyl halides is 3. The van der Waals surface area contributed by atoms with Crippen LogP contribution in [0.4, 0.5) is 13.2 Å². The van der Waals surface area contributed by atoms with E-state index in [9.17, 15) is 18.4 Å². The van der Waals surface area contributed by atoms with E-state index < -0.39 is 19.9 Å². The number of nitriles is 1. The molecule has 1 aromatic heterocycles. The van der Waals surface area contributed by atoms with Crippen molar-refractivity contribution in [2.45, 2.75) is 77.0 Å². The molecule has 0 saturated carbocycles. The van der Waals surface area contributed by atoms with Crippen molar-refractivity contribution in [1.82, 2.24) is 9.55 Å². The van der Waals surface area contributed by atoms with Gasteiger partial charge in [-0.05, 0) is 55.8 Å². The van der Waals surface area contributed by atoms with Crippen molar-refractivity contribution in [1.29, 1.82) is 5.26 Å². The molecular formula is C26H34F3N3O3Si. The Labute approximate surface area is 211 Å². The van der Waals surface area contributed by atoms with Crippen molar-refractivity contribution in [3.05, 3.63) is 47.3 Å². The highest BCUT2D eigenvalue weighted by Gasteiger charge is 2.48. The second-order valence-electron chi connectivity index (χ2n) is 11.0. The number of benzene rings is 1. The van der Waals surface area contributed by atoms with Crippen LogP contribution in [0.5, 0.6) is 11.8 Å². The minimum Gasteiger partial charge on any atom is -0.490 e. The summed E-state index contributed by atoms with van der Waals surface area (Å²) in [4.78, 5) is 4.28. The first-order chi connectivity index (χ1) is 16.6. The van der Waals surface area contributed by atoms with Gasteiger partial charge in [0, 0.05) is 0 Å². The van der Waals surface area contributed by atoms with Gasteiger partial charge < -0.3 is 13.9 Å². The largest absolute Gasteiger partial charge is 0.490 e. The lowest BCUT2D eigenvalue weighted by atomic mass is 9.84. The quantitative estimate of drug-likeness (QED) is 0.373. The van der Waals surface area contributed by atoms with Crippen LogP contribution in [0.15, 0.2) is 30.3 Å². The molecule has 10 heteroatoms. The molecule has 196 valence electrons. The summed E-state index contributed by atoms with van der Waals surface area (Å²) in [6.45, 7) is 14.3. The predicted molar refractivity (Wildman–Crippen MR) is 135 cm³/mol. The van der Waals surface area contributed by atoms with Crippen molar-refractivity contribution < 1.29 is 27.1 Å². The standard InChI is InChI=1S/C26H34F3N3O3Si/c1-24(2,3)36(6,7)34-14-8-9-22-21(15-30)31-23-32(22)16-20(35-23)17-33-19-12-10-18(11-13-19)25(4,5)26(27,28)29/h8-13,20H,14,16-17H2,1-7H3/b9-8+/t20-/m0/s1. The SMILES string of the molecule is CC(C)(c1ccc(OC[C@@H]2Cn3c(nc(C#N)c3/C=C/CO[Si](C)(C)C(C)(C)C)O2)cc1)C(F)(F)F. The van der Waals surface area contributed by atoms with Crippen LogP contribution in [-0.2, 0) is 16.4 Å². The summed E-state index contributed by atoms with van der Waals surface area (Å²) >= 11 is 0. The van der Waals surface area contributed by atoms with E-state index in [1.165, 1.54) is 24.3 Å². The van der Waals surface area contributed by atoms with Crippen LogP contribution in [-0.4, -0.2) is 43.4 Å². The number of halogens is 3. The maximum absolute atomic E-state index is 13.3. The van der Waals surface area contributed by atoms with Gasteiger partial charge in [-0.25, -0.2) is 0 Å². The van der Waals surface area contributed by atoms with E-state index in [0.717, 1.165) is 13.8 Å². The fraction of sp³-hybridized carbons (Fsp3) is 0.538. The Balaban J connectivity index is 1.61. The molecule has 0 unspecified atom stereocenters. The van der Waals surface area contributed by atoms with Crippen LogP contribution < -0.4 is 9.47 Å². The summed E-state index contributed by atoms with van der Waals surface area (Å²) in [6, 6.07) is 8.35. The highest BCUT2D eigenvalue weighted by atomic mass is 28.4. The minimum absolute atomic E-state index is 0.104. The van der Waals surface area contributed by atoms with Crippen LogP contribution in [0.3, 0.4) is 0 Å². The smallest absolute Gasteiger partial charge is 0.397 e. The third-order valence-corrected chi connectivity index (χ3v) is 11.6. The number of nitrogens with zero attached hydrogens (tertiary/aromatic N) is 3. The molecule has 36 heavy (non-hydrogen) atoms. The molecule has 1 aliphatic heterocycles. The number of rotatable bonds is 8. The first-order valence-corrected chi connectivity index (χ1v) is 14.8. The molecule has 0 saturated heterocycles. The van der Waals surface area contributed by atoms with Crippen LogP contribution >= 0.6 is 0 Å². The van der Waals surface area contributed by atoms with Gasteiger partial charge in [0.2, 0.25) is 0 Å². The molecule has 2 aromatic rings. The average Bonchev–Trinajstić information content (AvgIpc) is 3.31. The Bertz CT molecular complexity index is 1140. The topological polar surface area (TPSA) is 69.3 Å². The Hall–Kier alpha value is -2.77. The third kappa shape index (κ3) is 5.79. The van der Waals surface area contributed by atoms with E-state index in [-0.39, 0.29) is 29.0 Å². The van der Waals surface area contributed by atoms with Gasteiger partial charge in [-0.1, -0.05) is 39.0 Å². The van der Waals surface area contributed by atoms with Gasteiger partial charge in [0.05, 0.1) is 24.3 Å². The van der Waals surface area contributed by atoms with Crippen LogP contribution in [0, 0.1) is 11.3 Å². The lowest BCUT2D eigenvalue weighted by molar-refractivity contribution is -0.180.